The third-order valence-corrected chi connectivity index (χ3v) is 3.72. The summed E-state index contributed by atoms with van der Waals surface area (Å²) in [6, 6.07) is 0.992. The van der Waals surface area contributed by atoms with Crippen molar-refractivity contribution >= 4 is 16.9 Å². The average Bonchev–Trinajstić information content (AvgIpc) is 2.01. The SMILES string of the molecule is CC1CC(C)SC(NC(C)C(C)C)=N1. The van der Waals surface area contributed by atoms with Gasteiger partial charge in [-0.3, -0.25) is 4.99 Å². The maximum atomic E-state index is 4.62. The van der Waals surface area contributed by atoms with E-state index in [0.29, 0.717) is 23.3 Å². The molecule has 1 rings (SSSR count). The molecule has 0 saturated heterocycles. The lowest BCUT2D eigenvalue weighted by Crippen LogP contribution is -2.37. The minimum atomic E-state index is 0.480. The van der Waals surface area contributed by atoms with Crippen LogP contribution in [-0.4, -0.2) is 22.5 Å². The zero-order valence-corrected chi connectivity index (χ0v) is 10.7. The Kier molecular flexibility index (Phi) is 4.30. The Morgan fingerprint density at radius 1 is 1.36 bits per heavy atom. The van der Waals surface area contributed by atoms with Crippen molar-refractivity contribution in [3.63, 3.8) is 0 Å². The molecular weight excluding hydrogens is 192 g/mol. The number of nitrogens with zero attached hydrogens (tertiary/aromatic N) is 1. The third kappa shape index (κ3) is 3.52. The summed E-state index contributed by atoms with van der Waals surface area (Å²) in [6.07, 6.45) is 1.20. The van der Waals surface area contributed by atoms with E-state index in [0.717, 1.165) is 5.17 Å². The summed E-state index contributed by atoms with van der Waals surface area (Å²) >= 11 is 1.87. The van der Waals surface area contributed by atoms with Gasteiger partial charge in [-0.15, -0.1) is 0 Å². The fourth-order valence-corrected chi connectivity index (χ4v) is 2.69. The normalized spacial score (nSPS) is 30.0. The second kappa shape index (κ2) is 5.06. The second-order valence-electron chi connectivity index (χ2n) is 4.62. The minimum Gasteiger partial charge on any atom is -0.362 e. The van der Waals surface area contributed by atoms with E-state index < -0.39 is 0 Å². The number of amidine groups is 1. The van der Waals surface area contributed by atoms with Gasteiger partial charge in [0.15, 0.2) is 5.17 Å². The Morgan fingerprint density at radius 3 is 2.50 bits per heavy atom. The molecule has 1 aliphatic heterocycles. The van der Waals surface area contributed by atoms with Gasteiger partial charge in [0.25, 0.3) is 0 Å². The molecule has 1 N–H and O–H groups in total. The van der Waals surface area contributed by atoms with Crippen LogP contribution in [-0.2, 0) is 0 Å². The fourth-order valence-electron chi connectivity index (χ4n) is 1.44. The molecule has 0 saturated carbocycles. The highest BCUT2D eigenvalue weighted by Crippen LogP contribution is 2.24. The van der Waals surface area contributed by atoms with E-state index in [1.54, 1.807) is 0 Å². The summed E-state index contributed by atoms with van der Waals surface area (Å²) in [5, 5.41) is 5.33. The van der Waals surface area contributed by atoms with E-state index in [1.807, 2.05) is 11.8 Å². The topological polar surface area (TPSA) is 24.4 Å². The highest BCUT2D eigenvalue weighted by Gasteiger charge is 2.19. The summed E-state index contributed by atoms with van der Waals surface area (Å²) in [5.41, 5.74) is 0. The lowest BCUT2D eigenvalue weighted by Gasteiger charge is -2.26. The second-order valence-corrected chi connectivity index (χ2v) is 6.05. The van der Waals surface area contributed by atoms with Crippen LogP contribution < -0.4 is 5.32 Å². The molecule has 3 atom stereocenters. The van der Waals surface area contributed by atoms with Crippen molar-refractivity contribution in [1.82, 2.24) is 5.32 Å². The molecule has 0 aromatic carbocycles. The quantitative estimate of drug-likeness (QED) is 0.764. The first-order chi connectivity index (χ1) is 6.49. The van der Waals surface area contributed by atoms with Crippen LogP contribution in [0.25, 0.3) is 0 Å². The Balaban J connectivity index is 2.51. The Morgan fingerprint density at radius 2 is 2.00 bits per heavy atom. The van der Waals surface area contributed by atoms with Crippen molar-refractivity contribution < 1.29 is 0 Å². The van der Waals surface area contributed by atoms with Crippen molar-refractivity contribution in [2.75, 3.05) is 0 Å². The van der Waals surface area contributed by atoms with Gasteiger partial charge >= 0.3 is 0 Å². The van der Waals surface area contributed by atoms with E-state index >= 15 is 0 Å². The molecule has 0 aromatic heterocycles. The average molecular weight is 214 g/mol. The minimum absolute atomic E-state index is 0.480. The summed E-state index contributed by atoms with van der Waals surface area (Å²) in [7, 11) is 0. The van der Waals surface area contributed by atoms with E-state index in [2.05, 4.69) is 44.9 Å². The molecule has 0 spiro atoms. The molecule has 2 nitrogen and oxygen atoms in total. The Hall–Kier alpha value is -0.180. The number of hydrogen-bond donors (Lipinski definition) is 1. The van der Waals surface area contributed by atoms with E-state index in [-0.39, 0.29) is 0 Å². The lowest BCUT2D eigenvalue weighted by atomic mass is 10.1. The molecular formula is C11H22N2S. The largest absolute Gasteiger partial charge is 0.362 e. The number of nitrogens with one attached hydrogen (secondary N) is 1. The van der Waals surface area contributed by atoms with Crippen LogP contribution in [0.1, 0.15) is 41.0 Å². The maximum Gasteiger partial charge on any atom is 0.157 e. The third-order valence-electron chi connectivity index (χ3n) is 2.67. The molecule has 1 aliphatic rings. The standard InChI is InChI=1S/C11H22N2S/c1-7(2)10(5)13-11-12-8(3)6-9(4)14-11/h7-10H,6H2,1-5H3,(H,12,13). The van der Waals surface area contributed by atoms with Crippen molar-refractivity contribution in [3.8, 4) is 0 Å². The van der Waals surface area contributed by atoms with Gasteiger partial charge < -0.3 is 5.32 Å². The smallest absolute Gasteiger partial charge is 0.157 e. The predicted molar refractivity (Wildman–Crippen MR) is 66.0 cm³/mol. The lowest BCUT2D eigenvalue weighted by molar-refractivity contribution is 0.487. The van der Waals surface area contributed by atoms with Crippen molar-refractivity contribution in [3.05, 3.63) is 0 Å². The zero-order chi connectivity index (χ0) is 10.7. The molecule has 0 fully saturated rings. The number of hydrogen-bond acceptors (Lipinski definition) is 3. The van der Waals surface area contributed by atoms with Crippen LogP contribution in [0.15, 0.2) is 4.99 Å². The summed E-state index contributed by atoms with van der Waals surface area (Å²) < 4.78 is 0. The summed E-state index contributed by atoms with van der Waals surface area (Å²) in [6.45, 7) is 11.2. The first-order valence-corrected chi connectivity index (χ1v) is 6.38. The van der Waals surface area contributed by atoms with Crippen molar-refractivity contribution in [1.29, 1.82) is 0 Å². The highest BCUT2D eigenvalue weighted by atomic mass is 32.2. The van der Waals surface area contributed by atoms with Crippen LogP contribution in [0.3, 0.4) is 0 Å². The zero-order valence-electron chi connectivity index (χ0n) is 9.87. The predicted octanol–water partition coefficient (Wildman–Crippen LogP) is 2.89. The fraction of sp³-hybridized carbons (Fsp3) is 0.909. The molecule has 0 amide bonds. The Bertz CT molecular complexity index is 213. The molecule has 14 heavy (non-hydrogen) atoms. The van der Waals surface area contributed by atoms with E-state index in [4.69, 9.17) is 0 Å². The van der Waals surface area contributed by atoms with Crippen molar-refractivity contribution in [2.24, 2.45) is 10.9 Å². The Labute approximate surface area is 92.0 Å². The van der Waals surface area contributed by atoms with Gasteiger partial charge in [-0.05, 0) is 26.2 Å². The van der Waals surface area contributed by atoms with Gasteiger partial charge in [0.05, 0.1) is 6.04 Å². The first kappa shape index (κ1) is 11.9. The van der Waals surface area contributed by atoms with Crippen LogP contribution in [0.2, 0.25) is 0 Å². The number of rotatable bonds is 2. The molecule has 3 heteroatoms. The van der Waals surface area contributed by atoms with Gasteiger partial charge in [0, 0.05) is 11.3 Å². The summed E-state index contributed by atoms with van der Waals surface area (Å²) in [4.78, 5) is 4.62. The van der Waals surface area contributed by atoms with E-state index in [1.165, 1.54) is 6.42 Å². The van der Waals surface area contributed by atoms with Crippen LogP contribution >= 0.6 is 11.8 Å². The molecule has 0 aromatic rings. The van der Waals surface area contributed by atoms with E-state index in [9.17, 15) is 0 Å². The van der Waals surface area contributed by atoms with Gasteiger partial charge in [0.1, 0.15) is 0 Å². The van der Waals surface area contributed by atoms with Crippen LogP contribution in [0, 0.1) is 5.92 Å². The van der Waals surface area contributed by atoms with Crippen LogP contribution in [0.5, 0.6) is 0 Å². The highest BCUT2D eigenvalue weighted by molar-refractivity contribution is 8.14. The molecule has 0 bridgehead atoms. The van der Waals surface area contributed by atoms with Crippen molar-refractivity contribution in [2.45, 2.75) is 58.4 Å². The van der Waals surface area contributed by atoms with Gasteiger partial charge in [0.2, 0.25) is 0 Å². The number of aliphatic imine (C=N–C) groups is 1. The van der Waals surface area contributed by atoms with Gasteiger partial charge in [-0.25, -0.2) is 0 Å². The maximum absolute atomic E-state index is 4.62. The summed E-state index contributed by atoms with van der Waals surface area (Å²) in [5.74, 6) is 0.658. The van der Waals surface area contributed by atoms with Gasteiger partial charge in [-0.2, -0.15) is 0 Å². The van der Waals surface area contributed by atoms with Gasteiger partial charge in [-0.1, -0.05) is 32.5 Å². The monoisotopic (exact) mass is 214 g/mol. The first-order valence-electron chi connectivity index (χ1n) is 5.50. The molecule has 0 radical (unpaired) electrons. The molecule has 0 aliphatic carbocycles. The number of thioether (sulfide) groups is 1. The molecule has 3 unspecified atom stereocenters. The molecule has 1 heterocycles. The molecule has 82 valence electrons. The van der Waals surface area contributed by atoms with Crippen LogP contribution in [0.4, 0.5) is 0 Å².